The lowest BCUT2D eigenvalue weighted by Crippen LogP contribution is -2.45. The molecule has 0 aromatic rings. The standard InChI is InChI=1S/C65H127NO5/c1-3-5-7-9-11-13-15-17-19-21-22-23-24-25-27-29-33-37-41-45-49-53-57-63(68)62(61-67)66-64(69)58-54-50-46-42-38-34-30-28-32-36-40-44-48-52-56-60-71-65(70)59-55-51-47-43-39-35-31-26-20-18-16-14-12-10-8-6-4-2/h53,57,62-63,67-68H,3-52,54-56,58-61H2,1-2H3,(H,66,69)/b57-53+. The first-order valence-electron chi connectivity index (χ1n) is 32.5. The maximum Gasteiger partial charge on any atom is 0.305 e. The Morgan fingerprint density at radius 3 is 0.958 bits per heavy atom. The topological polar surface area (TPSA) is 95.9 Å². The molecule has 2 atom stereocenters. The largest absolute Gasteiger partial charge is 0.466 e. The quantitative estimate of drug-likeness (QED) is 0.0320. The number of amides is 1. The van der Waals surface area contributed by atoms with E-state index in [1.54, 1.807) is 6.08 Å². The van der Waals surface area contributed by atoms with E-state index in [1.165, 1.54) is 295 Å². The maximum atomic E-state index is 12.5. The molecule has 0 saturated heterocycles. The molecule has 0 radical (unpaired) electrons. The van der Waals surface area contributed by atoms with Gasteiger partial charge in [0, 0.05) is 12.8 Å². The van der Waals surface area contributed by atoms with E-state index < -0.39 is 12.1 Å². The Bertz CT molecular complexity index is 1060. The average molecular weight is 1000 g/mol. The zero-order chi connectivity index (χ0) is 51.4. The Labute approximate surface area is 444 Å². The van der Waals surface area contributed by atoms with Gasteiger partial charge in [0.25, 0.3) is 0 Å². The molecule has 422 valence electrons. The first-order valence-corrected chi connectivity index (χ1v) is 32.5. The number of aliphatic hydroxyl groups excluding tert-OH is 2. The van der Waals surface area contributed by atoms with Gasteiger partial charge in [0.05, 0.1) is 25.4 Å². The van der Waals surface area contributed by atoms with Gasteiger partial charge < -0.3 is 20.3 Å². The summed E-state index contributed by atoms with van der Waals surface area (Å²) in [6.45, 7) is 4.93. The highest BCUT2D eigenvalue weighted by Gasteiger charge is 2.18. The fraction of sp³-hybridized carbons (Fsp3) is 0.938. The molecule has 0 aliphatic rings. The molecule has 0 rings (SSSR count). The van der Waals surface area contributed by atoms with Crippen LogP contribution in [0.15, 0.2) is 12.2 Å². The second-order valence-corrected chi connectivity index (χ2v) is 22.5. The summed E-state index contributed by atoms with van der Waals surface area (Å²) in [5, 5.41) is 23.2. The van der Waals surface area contributed by atoms with Gasteiger partial charge in [0.2, 0.25) is 5.91 Å². The van der Waals surface area contributed by atoms with Gasteiger partial charge in [-0.2, -0.15) is 0 Å². The summed E-state index contributed by atoms with van der Waals surface area (Å²) < 4.78 is 5.49. The lowest BCUT2D eigenvalue weighted by molar-refractivity contribution is -0.143. The smallest absolute Gasteiger partial charge is 0.305 e. The molecule has 0 saturated carbocycles. The van der Waals surface area contributed by atoms with Crippen molar-refractivity contribution in [1.29, 1.82) is 0 Å². The van der Waals surface area contributed by atoms with Gasteiger partial charge in [-0.3, -0.25) is 9.59 Å². The Morgan fingerprint density at radius 2 is 0.648 bits per heavy atom. The number of carbonyl (C=O) groups is 2. The van der Waals surface area contributed by atoms with Gasteiger partial charge in [-0.05, 0) is 32.1 Å². The van der Waals surface area contributed by atoms with Crippen LogP contribution in [0.2, 0.25) is 0 Å². The molecule has 0 bridgehead atoms. The van der Waals surface area contributed by atoms with Gasteiger partial charge in [-0.15, -0.1) is 0 Å². The van der Waals surface area contributed by atoms with E-state index in [4.69, 9.17) is 4.74 Å². The third kappa shape index (κ3) is 57.7. The molecule has 71 heavy (non-hydrogen) atoms. The van der Waals surface area contributed by atoms with E-state index in [9.17, 15) is 19.8 Å². The van der Waals surface area contributed by atoms with Gasteiger partial charge in [0.1, 0.15) is 0 Å². The van der Waals surface area contributed by atoms with Crippen molar-refractivity contribution in [3.05, 3.63) is 12.2 Å². The highest BCUT2D eigenvalue weighted by molar-refractivity contribution is 5.76. The number of esters is 1. The Morgan fingerprint density at radius 1 is 0.380 bits per heavy atom. The minimum Gasteiger partial charge on any atom is -0.466 e. The second-order valence-electron chi connectivity index (χ2n) is 22.5. The molecule has 0 heterocycles. The number of ether oxygens (including phenoxy) is 1. The summed E-state index contributed by atoms with van der Waals surface area (Å²) in [6.07, 6.45) is 74.0. The predicted octanol–water partition coefficient (Wildman–Crippen LogP) is 20.4. The van der Waals surface area contributed by atoms with Gasteiger partial charge in [0.15, 0.2) is 0 Å². The molecule has 0 fully saturated rings. The van der Waals surface area contributed by atoms with Crippen LogP contribution in [-0.4, -0.2) is 47.4 Å². The van der Waals surface area contributed by atoms with Crippen LogP contribution in [0.25, 0.3) is 0 Å². The second kappa shape index (κ2) is 61.1. The maximum absolute atomic E-state index is 12.5. The van der Waals surface area contributed by atoms with E-state index in [0.717, 1.165) is 44.9 Å². The number of hydrogen-bond acceptors (Lipinski definition) is 5. The summed E-state index contributed by atoms with van der Waals surface area (Å²) in [7, 11) is 0. The van der Waals surface area contributed by atoms with E-state index in [0.29, 0.717) is 19.4 Å². The number of allylic oxidation sites excluding steroid dienone is 1. The van der Waals surface area contributed by atoms with E-state index >= 15 is 0 Å². The van der Waals surface area contributed by atoms with Crippen LogP contribution in [0, 0.1) is 0 Å². The number of carbonyl (C=O) groups excluding carboxylic acids is 2. The predicted molar refractivity (Wildman–Crippen MR) is 310 cm³/mol. The van der Waals surface area contributed by atoms with Crippen LogP contribution in [0.5, 0.6) is 0 Å². The lowest BCUT2D eigenvalue weighted by Gasteiger charge is -2.20. The van der Waals surface area contributed by atoms with E-state index in [2.05, 4.69) is 19.2 Å². The Kier molecular flexibility index (Phi) is 59.9. The third-order valence-corrected chi connectivity index (χ3v) is 15.3. The molecule has 1 amide bonds. The van der Waals surface area contributed by atoms with Crippen molar-refractivity contribution >= 4 is 11.9 Å². The summed E-state index contributed by atoms with van der Waals surface area (Å²) in [5.41, 5.74) is 0. The molecule has 0 spiro atoms. The van der Waals surface area contributed by atoms with E-state index in [1.807, 2.05) is 6.08 Å². The minimum atomic E-state index is -0.850. The summed E-state index contributed by atoms with van der Waals surface area (Å²) in [6, 6.07) is -0.634. The number of aliphatic hydroxyl groups is 2. The van der Waals surface area contributed by atoms with Crippen LogP contribution in [0.4, 0.5) is 0 Å². The van der Waals surface area contributed by atoms with Crippen molar-refractivity contribution in [3.63, 3.8) is 0 Å². The zero-order valence-corrected chi connectivity index (χ0v) is 48.2. The zero-order valence-electron chi connectivity index (χ0n) is 48.2. The SMILES string of the molecule is CCCCCCCCCCCCCCCCCCCCCC/C=C/C(O)C(CO)NC(=O)CCCCCCCCCCCCCCCCCOC(=O)CCCCCCCCCCCCCCCCCCC. The number of nitrogens with one attached hydrogen (secondary N) is 1. The fourth-order valence-corrected chi connectivity index (χ4v) is 10.3. The van der Waals surface area contributed by atoms with Crippen LogP contribution in [0.3, 0.4) is 0 Å². The molecule has 0 aromatic heterocycles. The Balaban J connectivity index is 3.44. The molecule has 0 aliphatic heterocycles. The third-order valence-electron chi connectivity index (χ3n) is 15.3. The first-order chi connectivity index (χ1) is 35.0. The summed E-state index contributed by atoms with van der Waals surface area (Å²) >= 11 is 0. The van der Waals surface area contributed by atoms with Crippen molar-refractivity contribution in [3.8, 4) is 0 Å². The van der Waals surface area contributed by atoms with Gasteiger partial charge in [-0.1, -0.05) is 334 Å². The van der Waals surface area contributed by atoms with Crippen LogP contribution < -0.4 is 5.32 Å². The van der Waals surface area contributed by atoms with Gasteiger partial charge in [-0.25, -0.2) is 0 Å². The van der Waals surface area contributed by atoms with Crippen molar-refractivity contribution in [2.24, 2.45) is 0 Å². The number of rotatable bonds is 61. The molecule has 2 unspecified atom stereocenters. The molecular weight excluding hydrogens is 875 g/mol. The van der Waals surface area contributed by atoms with Crippen LogP contribution in [0.1, 0.15) is 367 Å². The first kappa shape index (κ1) is 69.6. The van der Waals surface area contributed by atoms with Gasteiger partial charge >= 0.3 is 5.97 Å². The minimum absolute atomic E-state index is 0.00468. The number of hydrogen-bond donors (Lipinski definition) is 3. The van der Waals surface area contributed by atoms with Crippen molar-refractivity contribution in [1.82, 2.24) is 5.32 Å². The van der Waals surface area contributed by atoms with Crippen LogP contribution in [-0.2, 0) is 14.3 Å². The average Bonchev–Trinajstić information content (AvgIpc) is 3.37. The highest BCUT2D eigenvalue weighted by Crippen LogP contribution is 2.18. The molecule has 6 heteroatoms. The molecule has 6 nitrogen and oxygen atoms in total. The van der Waals surface area contributed by atoms with E-state index in [-0.39, 0.29) is 18.5 Å². The normalized spacial score (nSPS) is 12.6. The van der Waals surface area contributed by atoms with Crippen LogP contribution >= 0.6 is 0 Å². The Hall–Kier alpha value is -1.40. The summed E-state index contributed by atoms with van der Waals surface area (Å²) in [4.78, 5) is 24.6. The van der Waals surface area contributed by atoms with Crippen molar-refractivity contribution in [2.45, 2.75) is 379 Å². The molecule has 0 aliphatic carbocycles. The lowest BCUT2D eigenvalue weighted by atomic mass is 10.0. The van der Waals surface area contributed by atoms with Crippen molar-refractivity contribution < 1.29 is 24.5 Å². The fourth-order valence-electron chi connectivity index (χ4n) is 10.3. The monoisotopic (exact) mass is 1000 g/mol. The molecule has 3 N–H and O–H groups in total. The highest BCUT2D eigenvalue weighted by atomic mass is 16.5. The summed E-state index contributed by atoms with van der Waals surface area (Å²) in [5.74, 6) is -0.0673. The van der Waals surface area contributed by atoms with Crippen molar-refractivity contribution in [2.75, 3.05) is 13.2 Å². The number of unbranched alkanes of at least 4 members (excludes halogenated alkanes) is 50. The molecule has 0 aromatic carbocycles. The molecular formula is C65H127NO5.